The molecule has 6 nitrogen and oxygen atoms in total. The summed E-state index contributed by atoms with van der Waals surface area (Å²) >= 11 is 3.48. The summed E-state index contributed by atoms with van der Waals surface area (Å²) in [6, 6.07) is 12.3. The highest BCUT2D eigenvalue weighted by Gasteiger charge is 2.22. The molecule has 0 fully saturated rings. The molecule has 2 rings (SSSR count). The normalized spacial score (nSPS) is 11.1. The van der Waals surface area contributed by atoms with E-state index in [9.17, 15) is 9.59 Å². The van der Waals surface area contributed by atoms with E-state index in [4.69, 9.17) is 4.74 Å². The highest BCUT2D eigenvalue weighted by atomic mass is 79.9. The molecule has 0 bridgehead atoms. The maximum Gasteiger partial charge on any atom is 0.249 e. The van der Waals surface area contributed by atoms with Gasteiger partial charge in [-0.1, -0.05) is 55.3 Å². The fraction of sp³-hybridized carbons (Fsp3) is 0.520. The second-order valence-corrected chi connectivity index (χ2v) is 9.44. The molecule has 0 radical (unpaired) electrons. The smallest absolute Gasteiger partial charge is 0.249 e. The molecule has 1 aromatic heterocycles. The van der Waals surface area contributed by atoms with E-state index in [0.717, 1.165) is 29.6 Å². The van der Waals surface area contributed by atoms with Gasteiger partial charge in [-0.2, -0.15) is 0 Å². The van der Waals surface area contributed by atoms with Crippen molar-refractivity contribution in [1.29, 1.82) is 0 Å². The molecule has 0 atom stereocenters. The largest absolute Gasteiger partial charge is 0.375 e. The minimum atomic E-state index is -0.149. The topological polar surface area (TPSA) is 54.8 Å². The number of aromatic nitrogens is 1. The van der Waals surface area contributed by atoms with Crippen LogP contribution in [0.25, 0.3) is 0 Å². The first-order chi connectivity index (χ1) is 15.3. The lowest BCUT2D eigenvalue weighted by molar-refractivity contribution is -0.143. The van der Waals surface area contributed by atoms with Gasteiger partial charge < -0.3 is 19.1 Å². The third-order valence-corrected chi connectivity index (χ3v) is 5.74. The first kappa shape index (κ1) is 26.1. The van der Waals surface area contributed by atoms with Gasteiger partial charge in [-0.05, 0) is 42.2 Å². The first-order valence-corrected chi connectivity index (χ1v) is 12.1. The van der Waals surface area contributed by atoms with E-state index in [1.54, 1.807) is 4.90 Å². The number of methoxy groups -OCH3 is 1. The van der Waals surface area contributed by atoms with Crippen molar-refractivity contribution in [2.24, 2.45) is 5.92 Å². The summed E-state index contributed by atoms with van der Waals surface area (Å²) in [5.41, 5.74) is 2.28. The molecule has 0 unspecified atom stereocenters. The molecule has 1 heterocycles. The van der Waals surface area contributed by atoms with Gasteiger partial charge >= 0.3 is 0 Å². The van der Waals surface area contributed by atoms with Crippen LogP contribution in [0.15, 0.2) is 47.1 Å². The summed E-state index contributed by atoms with van der Waals surface area (Å²) in [7, 11) is 1.50. The molecule has 176 valence electrons. The van der Waals surface area contributed by atoms with Crippen LogP contribution >= 0.6 is 15.9 Å². The van der Waals surface area contributed by atoms with Gasteiger partial charge in [0.25, 0.3) is 0 Å². The van der Waals surface area contributed by atoms with Crippen molar-refractivity contribution in [2.75, 3.05) is 33.4 Å². The van der Waals surface area contributed by atoms with Gasteiger partial charge in [-0.25, -0.2) is 0 Å². The van der Waals surface area contributed by atoms with Crippen molar-refractivity contribution in [3.05, 3.63) is 58.3 Å². The lowest BCUT2D eigenvalue weighted by atomic mass is 10.2. The average molecular weight is 506 g/mol. The van der Waals surface area contributed by atoms with E-state index >= 15 is 0 Å². The molecule has 2 amide bonds. The third-order valence-electron chi connectivity index (χ3n) is 5.21. The highest BCUT2D eigenvalue weighted by Crippen LogP contribution is 2.15. The van der Waals surface area contributed by atoms with Gasteiger partial charge in [-0.3, -0.25) is 9.59 Å². The molecule has 0 aliphatic rings. The molecular formula is C25H36BrN3O3. The zero-order valence-electron chi connectivity index (χ0n) is 19.7. The highest BCUT2D eigenvalue weighted by molar-refractivity contribution is 9.10. The quantitative estimate of drug-likeness (QED) is 0.400. The summed E-state index contributed by atoms with van der Waals surface area (Å²) in [5.74, 6) is 0.0967. The fourth-order valence-corrected chi connectivity index (χ4v) is 3.81. The van der Waals surface area contributed by atoms with Crippen LogP contribution in [0.5, 0.6) is 0 Å². The van der Waals surface area contributed by atoms with Gasteiger partial charge in [0.05, 0.1) is 13.1 Å². The molecule has 32 heavy (non-hydrogen) atoms. The minimum Gasteiger partial charge on any atom is -0.375 e. The van der Waals surface area contributed by atoms with Gasteiger partial charge in [0, 0.05) is 43.1 Å². The number of carbonyl (C=O) groups excluding carboxylic acids is 2. The van der Waals surface area contributed by atoms with Gasteiger partial charge in [0.1, 0.15) is 6.61 Å². The standard InChI is InChI=1S/C25H36BrN3O3/c1-5-6-13-28(24(30)18-29(15-20(2)3)25(31)19-32-4)17-23-8-7-14-27(23)16-21-9-11-22(26)12-10-21/h7-12,14,20H,5-6,13,15-19H2,1-4H3. The summed E-state index contributed by atoms with van der Waals surface area (Å²) in [6.07, 6.45) is 3.98. The molecule has 1 aromatic carbocycles. The Hall–Kier alpha value is -2.12. The second-order valence-electron chi connectivity index (χ2n) is 8.52. The summed E-state index contributed by atoms with van der Waals surface area (Å²) < 4.78 is 8.25. The molecule has 2 aromatic rings. The maximum absolute atomic E-state index is 13.3. The van der Waals surface area contributed by atoms with E-state index in [-0.39, 0.29) is 30.9 Å². The van der Waals surface area contributed by atoms with Gasteiger partial charge in [-0.15, -0.1) is 0 Å². The summed E-state index contributed by atoms with van der Waals surface area (Å²) in [5, 5.41) is 0. The SMILES string of the molecule is CCCCN(Cc1cccn1Cc1ccc(Br)cc1)C(=O)CN(CC(C)C)C(=O)COC. The van der Waals surface area contributed by atoms with Crippen LogP contribution in [0.3, 0.4) is 0 Å². The van der Waals surface area contributed by atoms with Crippen molar-refractivity contribution in [3.63, 3.8) is 0 Å². The Morgan fingerprint density at radius 2 is 1.81 bits per heavy atom. The number of nitrogens with zero attached hydrogens (tertiary/aromatic N) is 3. The Bertz CT molecular complexity index is 848. The molecule has 0 N–H and O–H groups in total. The van der Waals surface area contributed by atoms with Crippen LogP contribution in [0, 0.1) is 5.92 Å². The van der Waals surface area contributed by atoms with Gasteiger partial charge in [0.2, 0.25) is 11.8 Å². The number of carbonyl (C=O) groups is 2. The van der Waals surface area contributed by atoms with Crippen LogP contribution in [0.2, 0.25) is 0 Å². The zero-order valence-corrected chi connectivity index (χ0v) is 21.3. The molecule has 0 aliphatic carbocycles. The predicted octanol–water partition coefficient (Wildman–Crippen LogP) is 4.56. The van der Waals surface area contributed by atoms with Crippen molar-refractivity contribution in [3.8, 4) is 0 Å². The van der Waals surface area contributed by atoms with Crippen molar-refractivity contribution in [1.82, 2.24) is 14.4 Å². The van der Waals surface area contributed by atoms with Crippen LogP contribution in [0.4, 0.5) is 0 Å². The van der Waals surface area contributed by atoms with Crippen LogP contribution in [-0.2, 0) is 27.4 Å². The third kappa shape index (κ3) is 8.43. The predicted molar refractivity (Wildman–Crippen MR) is 131 cm³/mol. The Kier molecular flexibility index (Phi) is 11.0. The maximum atomic E-state index is 13.3. The van der Waals surface area contributed by atoms with Crippen molar-refractivity contribution >= 4 is 27.7 Å². The summed E-state index contributed by atoms with van der Waals surface area (Å²) in [6.45, 7) is 8.76. The van der Waals surface area contributed by atoms with Crippen LogP contribution < -0.4 is 0 Å². The number of ether oxygens (including phenoxy) is 1. The van der Waals surface area contributed by atoms with Gasteiger partial charge in [0.15, 0.2) is 0 Å². The number of unbranched alkanes of at least 4 members (excludes halogenated alkanes) is 1. The lowest BCUT2D eigenvalue weighted by Crippen LogP contribution is -2.45. The minimum absolute atomic E-state index is 0.00893. The zero-order chi connectivity index (χ0) is 23.5. The lowest BCUT2D eigenvalue weighted by Gasteiger charge is -2.29. The Labute approximate surface area is 200 Å². The van der Waals surface area contributed by atoms with Crippen molar-refractivity contribution in [2.45, 2.75) is 46.7 Å². The van der Waals surface area contributed by atoms with Crippen LogP contribution in [-0.4, -0.2) is 59.5 Å². The van der Waals surface area contributed by atoms with Crippen LogP contribution in [0.1, 0.15) is 44.9 Å². The van der Waals surface area contributed by atoms with Crippen molar-refractivity contribution < 1.29 is 14.3 Å². The Morgan fingerprint density at radius 3 is 2.44 bits per heavy atom. The first-order valence-electron chi connectivity index (χ1n) is 11.3. The number of rotatable bonds is 13. The second kappa shape index (κ2) is 13.4. The fourth-order valence-electron chi connectivity index (χ4n) is 3.54. The summed E-state index contributed by atoms with van der Waals surface area (Å²) in [4.78, 5) is 29.2. The van der Waals surface area contributed by atoms with E-state index in [2.05, 4.69) is 45.6 Å². The number of hydrogen-bond acceptors (Lipinski definition) is 3. The molecule has 7 heteroatoms. The average Bonchev–Trinajstić information content (AvgIpc) is 3.18. The molecular weight excluding hydrogens is 470 g/mol. The molecule has 0 spiro atoms. The molecule has 0 saturated heterocycles. The Balaban J connectivity index is 2.13. The van der Waals surface area contributed by atoms with E-state index in [1.165, 1.54) is 12.7 Å². The monoisotopic (exact) mass is 505 g/mol. The number of benzene rings is 1. The number of hydrogen-bond donors (Lipinski definition) is 0. The number of amides is 2. The molecule has 0 aliphatic heterocycles. The van der Waals surface area contributed by atoms with E-state index in [1.807, 2.05) is 43.1 Å². The molecule has 0 saturated carbocycles. The van der Waals surface area contributed by atoms with E-state index < -0.39 is 0 Å². The number of halogens is 1. The Morgan fingerprint density at radius 1 is 1.09 bits per heavy atom. The van der Waals surface area contributed by atoms with E-state index in [0.29, 0.717) is 19.6 Å².